The van der Waals surface area contributed by atoms with E-state index < -0.39 is 5.97 Å². The Morgan fingerprint density at radius 2 is 1.32 bits per heavy atom. The van der Waals surface area contributed by atoms with Crippen molar-refractivity contribution in [3.8, 4) is 5.75 Å². The maximum atomic E-state index is 11.2. The van der Waals surface area contributed by atoms with Crippen LogP contribution in [0.4, 0.5) is 0 Å². The first-order chi connectivity index (χ1) is 7.94. The zero-order valence-electron chi connectivity index (χ0n) is 14.0. The van der Waals surface area contributed by atoms with Gasteiger partial charge >= 0.3 is 35.5 Å². The number of aromatic carboxylic acids is 1. The normalized spacial score (nSPS) is 11.9. The van der Waals surface area contributed by atoms with E-state index in [1.165, 1.54) is 0 Å². The molecule has 0 amide bonds. The molecule has 0 spiro atoms. The molecule has 2 N–H and O–H groups in total. The SMILES string of the molecule is CC(C)(C)c1cc(C(=O)O)cc(C(C)(C)C)c1O.[H-].[Na+]. The van der Waals surface area contributed by atoms with Crippen molar-refractivity contribution in [2.75, 3.05) is 0 Å². The number of carboxylic acids is 1. The van der Waals surface area contributed by atoms with Crippen molar-refractivity contribution < 1.29 is 46.0 Å². The summed E-state index contributed by atoms with van der Waals surface area (Å²) in [5.41, 5.74) is 0.979. The fourth-order valence-electron chi connectivity index (χ4n) is 1.90. The molecule has 0 saturated heterocycles. The molecule has 4 heteroatoms. The average molecular weight is 274 g/mol. The number of phenolic OH excluding ortho intramolecular Hbond substituents is 1. The predicted octanol–water partition coefficient (Wildman–Crippen LogP) is 0.802. The van der Waals surface area contributed by atoms with Crippen LogP contribution >= 0.6 is 0 Å². The van der Waals surface area contributed by atoms with Crippen LogP contribution in [0.25, 0.3) is 0 Å². The Morgan fingerprint density at radius 1 is 1.00 bits per heavy atom. The van der Waals surface area contributed by atoms with Crippen molar-refractivity contribution in [3.63, 3.8) is 0 Å². The molecule has 1 rings (SSSR count). The van der Waals surface area contributed by atoms with Crippen molar-refractivity contribution in [3.05, 3.63) is 28.8 Å². The van der Waals surface area contributed by atoms with Crippen LogP contribution < -0.4 is 29.6 Å². The number of hydrogen-bond donors (Lipinski definition) is 2. The summed E-state index contributed by atoms with van der Waals surface area (Å²) in [5, 5.41) is 19.5. The van der Waals surface area contributed by atoms with Gasteiger partial charge in [-0.1, -0.05) is 41.5 Å². The van der Waals surface area contributed by atoms with E-state index >= 15 is 0 Å². The molecule has 0 bridgehead atoms. The zero-order chi connectivity index (χ0) is 14.3. The van der Waals surface area contributed by atoms with Gasteiger partial charge < -0.3 is 11.6 Å². The predicted molar refractivity (Wildman–Crippen MR) is 73.6 cm³/mol. The van der Waals surface area contributed by atoms with Gasteiger partial charge in [-0.05, 0) is 23.0 Å². The van der Waals surface area contributed by atoms with Crippen molar-refractivity contribution in [1.82, 2.24) is 0 Å². The van der Waals surface area contributed by atoms with Crippen LogP contribution in [0.3, 0.4) is 0 Å². The van der Waals surface area contributed by atoms with Gasteiger partial charge in [-0.15, -0.1) is 0 Å². The number of rotatable bonds is 1. The first kappa shape index (κ1) is 18.5. The van der Waals surface area contributed by atoms with Crippen molar-refractivity contribution in [2.24, 2.45) is 0 Å². The minimum atomic E-state index is -0.967. The van der Waals surface area contributed by atoms with Crippen LogP contribution in [-0.4, -0.2) is 16.2 Å². The number of aromatic hydroxyl groups is 1. The van der Waals surface area contributed by atoms with Gasteiger partial charge in [0.15, 0.2) is 0 Å². The molecule has 0 saturated carbocycles. The summed E-state index contributed by atoms with van der Waals surface area (Å²) in [6.07, 6.45) is 0. The Bertz CT molecular complexity index is 450. The molecule has 102 valence electrons. The van der Waals surface area contributed by atoms with E-state index in [4.69, 9.17) is 0 Å². The minimum Gasteiger partial charge on any atom is -1.00 e. The Balaban J connectivity index is 0. The smallest absolute Gasteiger partial charge is 1.00 e. The molecule has 1 aromatic carbocycles. The third-order valence-corrected chi connectivity index (χ3v) is 2.97. The molecule has 1 aromatic rings. The van der Waals surface area contributed by atoms with E-state index in [0.717, 1.165) is 0 Å². The third kappa shape index (κ3) is 4.23. The average Bonchev–Trinajstić information content (AvgIpc) is 2.13. The van der Waals surface area contributed by atoms with Gasteiger partial charge in [0.25, 0.3) is 0 Å². The molecule has 0 aliphatic rings. The van der Waals surface area contributed by atoms with Gasteiger partial charge in [0, 0.05) is 11.1 Å². The topological polar surface area (TPSA) is 57.5 Å². The third-order valence-electron chi connectivity index (χ3n) is 2.97. The number of phenols is 1. The number of carboxylic acid groups (broad SMARTS) is 1. The molecule has 0 unspecified atom stereocenters. The van der Waals surface area contributed by atoms with E-state index in [1.54, 1.807) is 12.1 Å². The second kappa shape index (κ2) is 5.86. The summed E-state index contributed by atoms with van der Waals surface area (Å²) in [6, 6.07) is 3.12. The number of benzene rings is 1. The summed E-state index contributed by atoms with van der Waals surface area (Å²) in [4.78, 5) is 11.2. The molecule has 0 aromatic heterocycles. The Labute approximate surface area is 138 Å². The molecule has 0 heterocycles. The fourth-order valence-corrected chi connectivity index (χ4v) is 1.90. The summed E-state index contributed by atoms with van der Waals surface area (Å²) < 4.78 is 0. The van der Waals surface area contributed by atoms with Crippen LogP contribution in [-0.2, 0) is 10.8 Å². The maximum absolute atomic E-state index is 11.2. The van der Waals surface area contributed by atoms with Gasteiger partial charge in [0.2, 0.25) is 0 Å². The van der Waals surface area contributed by atoms with Crippen LogP contribution in [0.15, 0.2) is 12.1 Å². The first-order valence-corrected chi connectivity index (χ1v) is 6.06. The molecule has 3 nitrogen and oxygen atoms in total. The van der Waals surface area contributed by atoms with Gasteiger partial charge in [0.05, 0.1) is 5.56 Å². The van der Waals surface area contributed by atoms with Crippen molar-refractivity contribution >= 4 is 5.97 Å². The van der Waals surface area contributed by atoms with E-state index in [9.17, 15) is 15.0 Å². The molecule has 0 aliphatic carbocycles. The van der Waals surface area contributed by atoms with Crippen LogP contribution in [0.5, 0.6) is 5.75 Å². The molecule has 19 heavy (non-hydrogen) atoms. The molecule has 0 fully saturated rings. The van der Waals surface area contributed by atoms with Crippen LogP contribution in [0.1, 0.15) is 64.5 Å². The molecular formula is C15H23NaO3. The van der Waals surface area contributed by atoms with E-state index in [1.807, 2.05) is 41.5 Å². The molecule has 0 atom stereocenters. The van der Waals surface area contributed by atoms with Crippen LogP contribution in [0, 0.1) is 0 Å². The first-order valence-electron chi connectivity index (χ1n) is 6.06. The Hall–Kier alpha value is -0.510. The summed E-state index contributed by atoms with van der Waals surface area (Å²) in [7, 11) is 0. The van der Waals surface area contributed by atoms with Gasteiger partial charge in [0.1, 0.15) is 5.75 Å². The summed E-state index contributed by atoms with van der Waals surface area (Å²) >= 11 is 0. The van der Waals surface area contributed by atoms with E-state index in [2.05, 4.69) is 0 Å². The largest absolute Gasteiger partial charge is 1.00 e. The number of carbonyl (C=O) groups is 1. The zero-order valence-corrected chi connectivity index (χ0v) is 15.0. The van der Waals surface area contributed by atoms with E-state index in [0.29, 0.717) is 11.1 Å². The molecule has 0 radical (unpaired) electrons. The van der Waals surface area contributed by atoms with E-state index in [-0.39, 0.29) is 53.1 Å². The second-order valence-corrected chi connectivity index (χ2v) is 6.73. The minimum absolute atomic E-state index is 0. The number of hydrogen-bond acceptors (Lipinski definition) is 2. The Morgan fingerprint density at radius 3 is 1.53 bits per heavy atom. The molecular weight excluding hydrogens is 251 g/mol. The fraction of sp³-hybridized carbons (Fsp3) is 0.533. The quantitative estimate of drug-likeness (QED) is 0.745. The van der Waals surface area contributed by atoms with Crippen LogP contribution in [0.2, 0.25) is 0 Å². The standard InChI is InChI=1S/C15H22O3.Na.H/c1-14(2,3)10-7-9(13(17)18)8-11(12(10)16)15(4,5)6;;/h7-8,16H,1-6H3,(H,17,18);;/q;+1;-1. The van der Waals surface area contributed by atoms with Crippen molar-refractivity contribution in [1.29, 1.82) is 0 Å². The van der Waals surface area contributed by atoms with Gasteiger partial charge in [-0.2, -0.15) is 0 Å². The van der Waals surface area contributed by atoms with Gasteiger partial charge in [-0.3, -0.25) is 0 Å². The van der Waals surface area contributed by atoms with Crippen molar-refractivity contribution in [2.45, 2.75) is 52.4 Å². The second-order valence-electron chi connectivity index (χ2n) is 6.73. The summed E-state index contributed by atoms with van der Waals surface area (Å²) in [5.74, 6) is -0.758. The Kier molecular flexibility index (Phi) is 5.70. The summed E-state index contributed by atoms with van der Waals surface area (Å²) in [6.45, 7) is 11.8. The molecule has 0 aliphatic heterocycles. The van der Waals surface area contributed by atoms with Gasteiger partial charge in [-0.25, -0.2) is 4.79 Å². The monoisotopic (exact) mass is 274 g/mol. The maximum Gasteiger partial charge on any atom is 1.00 e.